The number of aromatic nitrogens is 2. The van der Waals surface area contributed by atoms with Crippen LogP contribution < -0.4 is 24.3 Å². The van der Waals surface area contributed by atoms with Gasteiger partial charge in [-0.3, -0.25) is 4.79 Å². The number of para-hydroxylation sites is 2. The second-order valence-corrected chi connectivity index (χ2v) is 9.82. The molecule has 1 N–H and O–H groups in total. The van der Waals surface area contributed by atoms with Gasteiger partial charge in [-0.15, -0.1) is 0 Å². The van der Waals surface area contributed by atoms with Gasteiger partial charge in [-0.25, -0.2) is 4.98 Å². The third-order valence-corrected chi connectivity index (χ3v) is 7.12. The molecule has 1 heterocycles. The average molecular weight is 566 g/mol. The fraction of sp³-hybridized carbons (Fsp3) is 0.355. The Morgan fingerprint density at radius 1 is 0.950 bits per heavy atom. The fourth-order valence-electron chi connectivity index (χ4n) is 4.60. The SMILES string of the molecule is COc1cc(C(=O)NCCCc2nc3ccccc3n2CCCCOc2ccc(Cl)c(C)c2)cc(OC)c1OC. The zero-order valence-electron chi connectivity index (χ0n) is 23.5. The van der Waals surface area contributed by atoms with Crippen molar-refractivity contribution in [1.82, 2.24) is 14.9 Å². The maximum absolute atomic E-state index is 12.8. The van der Waals surface area contributed by atoms with Crippen molar-refractivity contribution in [2.24, 2.45) is 0 Å². The number of hydrogen-bond donors (Lipinski definition) is 1. The quantitative estimate of drug-likeness (QED) is 0.182. The van der Waals surface area contributed by atoms with E-state index in [-0.39, 0.29) is 5.91 Å². The summed E-state index contributed by atoms with van der Waals surface area (Å²) in [5.74, 6) is 2.97. The van der Waals surface area contributed by atoms with Crippen LogP contribution in [0.25, 0.3) is 11.0 Å². The summed E-state index contributed by atoms with van der Waals surface area (Å²) in [5, 5.41) is 3.74. The van der Waals surface area contributed by atoms with Gasteiger partial charge in [0.25, 0.3) is 5.91 Å². The molecule has 1 aromatic heterocycles. The summed E-state index contributed by atoms with van der Waals surface area (Å²) >= 11 is 6.11. The number of benzene rings is 3. The van der Waals surface area contributed by atoms with Crippen molar-refractivity contribution in [3.63, 3.8) is 0 Å². The van der Waals surface area contributed by atoms with Gasteiger partial charge in [0.05, 0.1) is 39.0 Å². The number of imidazole rings is 1. The number of rotatable bonds is 14. The summed E-state index contributed by atoms with van der Waals surface area (Å²) in [4.78, 5) is 17.7. The van der Waals surface area contributed by atoms with E-state index in [4.69, 9.17) is 35.5 Å². The number of hydrogen-bond acceptors (Lipinski definition) is 6. The highest BCUT2D eigenvalue weighted by molar-refractivity contribution is 6.31. The average Bonchev–Trinajstić information content (AvgIpc) is 3.33. The minimum atomic E-state index is -0.205. The van der Waals surface area contributed by atoms with Gasteiger partial charge in [0.1, 0.15) is 11.6 Å². The molecule has 0 aliphatic carbocycles. The number of carbonyl (C=O) groups excluding carboxylic acids is 1. The molecule has 0 saturated heterocycles. The second-order valence-electron chi connectivity index (χ2n) is 9.41. The number of carbonyl (C=O) groups is 1. The van der Waals surface area contributed by atoms with Crippen molar-refractivity contribution in [1.29, 1.82) is 0 Å². The molecule has 0 atom stereocenters. The van der Waals surface area contributed by atoms with Crippen LogP contribution in [0.1, 0.15) is 41.0 Å². The molecule has 0 spiro atoms. The van der Waals surface area contributed by atoms with Gasteiger partial charge in [-0.1, -0.05) is 23.7 Å². The first-order valence-electron chi connectivity index (χ1n) is 13.4. The van der Waals surface area contributed by atoms with Gasteiger partial charge in [-0.2, -0.15) is 0 Å². The standard InChI is InChI=1S/C31H36ClN3O5/c1-21-18-23(13-14-24(21)32)40-17-8-7-16-35-26-11-6-5-10-25(26)34-29(35)12-9-15-33-31(36)22-19-27(37-2)30(39-4)28(20-22)38-3/h5-6,10-11,13-14,18-20H,7-9,12,15-17H2,1-4H3,(H,33,36). The number of nitrogens with one attached hydrogen (secondary N) is 1. The Morgan fingerprint density at radius 3 is 2.40 bits per heavy atom. The van der Waals surface area contributed by atoms with Crippen molar-refractivity contribution in [3.05, 3.63) is 76.6 Å². The molecule has 4 aromatic rings. The maximum Gasteiger partial charge on any atom is 0.251 e. The van der Waals surface area contributed by atoms with Crippen molar-refractivity contribution in [3.8, 4) is 23.0 Å². The molecule has 0 fully saturated rings. The summed E-state index contributed by atoms with van der Waals surface area (Å²) in [5.41, 5.74) is 3.55. The zero-order chi connectivity index (χ0) is 28.5. The molecule has 0 unspecified atom stereocenters. The topological polar surface area (TPSA) is 83.8 Å². The lowest BCUT2D eigenvalue weighted by molar-refractivity contribution is 0.0952. The fourth-order valence-corrected chi connectivity index (χ4v) is 4.71. The highest BCUT2D eigenvalue weighted by Crippen LogP contribution is 2.38. The van der Waals surface area contributed by atoms with Gasteiger partial charge >= 0.3 is 0 Å². The lowest BCUT2D eigenvalue weighted by Gasteiger charge is -2.14. The van der Waals surface area contributed by atoms with Crippen LogP contribution in [-0.2, 0) is 13.0 Å². The van der Waals surface area contributed by atoms with Crippen molar-refractivity contribution in [2.75, 3.05) is 34.5 Å². The molecule has 0 radical (unpaired) electrons. The van der Waals surface area contributed by atoms with Crippen LogP contribution >= 0.6 is 11.6 Å². The number of nitrogens with zero attached hydrogens (tertiary/aromatic N) is 2. The number of amides is 1. The third kappa shape index (κ3) is 6.99. The van der Waals surface area contributed by atoms with E-state index in [1.54, 1.807) is 12.1 Å². The second kappa shape index (κ2) is 13.9. The van der Waals surface area contributed by atoms with Crippen molar-refractivity contribution < 1.29 is 23.7 Å². The smallest absolute Gasteiger partial charge is 0.251 e. The minimum absolute atomic E-state index is 0.205. The zero-order valence-corrected chi connectivity index (χ0v) is 24.2. The van der Waals surface area contributed by atoms with Gasteiger partial charge < -0.3 is 28.8 Å². The first-order valence-corrected chi connectivity index (χ1v) is 13.7. The monoisotopic (exact) mass is 565 g/mol. The Bertz CT molecular complexity index is 1430. The number of methoxy groups -OCH3 is 3. The first-order chi connectivity index (χ1) is 19.4. The number of aryl methyl sites for hydroxylation is 3. The number of fused-ring (bicyclic) bond motifs is 1. The van der Waals surface area contributed by atoms with Crippen LogP contribution in [0.2, 0.25) is 5.02 Å². The number of unbranched alkanes of at least 4 members (excludes halogenated alkanes) is 1. The van der Waals surface area contributed by atoms with E-state index >= 15 is 0 Å². The predicted octanol–water partition coefficient (Wildman–Crippen LogP) is 6.25. The summed E-state index contributed by atoms with van der Waals surface area (Å²) < 4.78 is 24.3. The molecule has 4 rings (SSSR count). The third-order valence-electron chi connectivity index (χ3n) is 6.70. The Hall–Kier alpha value is -3.91. The molecule has 40 heavy (non-hydrogen) atoms. The lowest BCUT2D eigenvalue weighted by Crippen LogP contribution is -2.25. The van der Waals surface area contributed by atoms with Crippen molar-refractivity contribution >= 4 is 28.5 Å². The normalized spacial score (nSPS) is 10.9. The summed E-state index contributed by atoms with van der Waals surface area (Å²) in [6.45, 7) is 3.96. The van der Waals surface area contributed by atoms with E-state index in [1.807, 2.05) is 43.3 Å². The molecule has 0 saturated carbocycles. The highest BCUT2D eigenvalue weighted by Gasteiger charge is 2.17. The molecule has 8 nitrogen and oxygen atoms in total. The van der Waals surface area contributed by atoms with Crippen molar-refractivity contribution in [2.45, 2.75) is 39.2 Å². The molecule has 0 aliphatic heterocycles. The first kappa shape index (κ1) is 29.1. The number of halogens is 1. The van der Waals surface area contributed by atoms with Gasteiger partial charge in [0.2, 0.25) is 5.75 Å². The number of ether oxygens (including phenoxy) is 4. The van der Waals surface area contributed by atoms with Gasteiger partial charge in [-0.05, 0) is 74.2 Å². The molecule has 0 bridgehead atoms. The Kier molecular flexibility index (Phi) is 10.1. The van der Waals surface area contributed by atoms with E-state index in [1.165, 1.54) is 21.3 Å². The van der Waals surface area contributed by atoms with Gasteiger partial charge in [0, 0.05) is 30.1 Å². The van der Waals surface area contributed by atoms with Crippen LogP contribution in [0, 0.1) is 6.92 Å². The van der Waals surface area contributed by atoms with Crippen LogP contribution in [0.5, 0.6) is 23.0 Å². The molecule has 3 aromatic carbocycles. The highest BCUT2D eigenvalue weighted by atomic mass is 35.5. The summed E-state index contributed by atoms with van der Waals surface area (Å²) in [6.07, 6.45) is 3.36. The van der Waals surface area contributed by atoms with E-state index in [2.05, 4.69) is 16.0 Å². The molecule has 0 aliphatic rings. The Labute approximate surface area is 240 Å². The minimum Gasteiger partial charge on any atom is -0.494 e. The molecule has 9 heteroatoms. The van der Waals surface area contributed by atoms with Gasteiger partial charge in [0.15, 0.2) is 11.5 Å². The largest absolute Gasteiger partial charge is 0.494 e. The summed E-state index contributed by atoms with van der Waals surface area (Å²) in [6, 6.07) is 17.2. The van der Waals surface area contributed by atoms with Crippen LogP contribution in [-0.4, -0.2) is 49.9 Å². The Morgan fingerprint density at radius 2 is 1.70 bits per heavy atom. The molecule has 212 valence electrons. The summed E-state index contributed by atoms with van der Waals surface area (Å²) in [7, 11) is 4.58. The van der Waals surface area contributed by atoms with Crippen LogP contribution in [0.15, 0.2) is 54.6 Å². The van der Waals surface area contributed by atoms with E-state index in [9.17, 15) is 4.79 Å². The lowest BCUT2D eigenvalue weighted by atomic mass is 10.1. The van der Waals surface area contributed by atoms with E-state index in [0.717, 1.165) is 65.4 Å². The van der Waals surface area contributed by atoms with E-state index < -0.39 is 0 Å². The van der Waals surface area contributed by atoms with E-state index in [0.29, 0.717) is 36.0 Å². The molecular formula is C31H36ClN3O5. The van der Waals surface area contributed by atoms with Crippen LogP contribution in [0.4, 0.5) is 0 Å². The predicted molar refractivity (Wildman–Crippen MR) is 157 cm³/mol. The Balaban J connectivity index is 1.32. The molecular weight excluding hydrogens is 530 g/mol. The van der Waals surface area contributed by atoms with Crippen LogP contribution in [0.3, 0.4) is 0 Å². The molecule has 1 amide bonds. The maximum atomic E-state index is 12.8.